The second-order valence-electron chi connectivity index (χ2n) is 6.79. The third-order valence-electron chi connectivity index (χ3n) is 4.91. The Morgan fingerprint density at radius 2 is 2.00 bits per heavy atom. The summed E-state index contributed by atoms with van der Waals surface area (Å²) in [5.74, 6) is -0.852. The molecule has 2 saturated heterocycles. The van der Waals surface area contributed by atoms with Crippen molar-refractivity contribution in [1.29, 1.82) is 0 Å². The van der Waals surface area contributed by atoms with Crippen LogP contribution in [0.2, 0.25) is 5.02 Å². The lowest BCUT2D eigenvalue weighted by molar-refractivity contribution is -0.148. The van der Waals surface area contributed by atoms with Crippen molar-refractivity contribution in [3.05, 3.63) is 15.3 Å². The van der Waals surface area contributed by atoms with Gasteiger partial charge in [-0.1, -0.05) is 11.6 Å². The highest BCUT2D eigenvalue weighted by atomic mass is 35.5. The molecule has 0 aliphatic carbocycles. The molecular weight excluding hydrogens is 444 g/mol. The predicted octanol–water partition coefficient (Wildman–Crippen LogP) is 1.79. The first-order valence-electron chi connectivity index (χ1n) is 9.03. The fourth-order valence-corrected chi connectivity index (χ4v) is 6.34. The van der Waals surface area contributed by atoms with Crippen LogP contribution >= 0.6 is 22.9 Å². The standard InChI is InChI=1S/C17H21ClN2O7S2/c1-3-26-16(22)11-8-27-17(23)20(11)10-4-6-19(7-5-10)15(21)14-13(18)12(9-28-14)29(2,24)25/h9-11H,3-8H2,1-2H3/t11-/m0/s1. The summed E-state index contributed by atoms with van der Waals surface area (Å²) in [5, 5.41) is 1.30. The Balaban J connectivity index is 1.67. The number of esters is 1. The van der Waals surface area contributed by atoms with E-state index in [0.29, 0.717) is 25.9 Å². The molecule has 3 heterocycles. The second kappa shape index (κ2) is 8.49. The smallest absolute Gasteiger partial charge is 0.410 e. The maximum absolute atomic E-state index is 12.8. The Labute approximate surface area is 177 Å². The molecule has 1 aromatic rings. The molecule has 29 heavy (non-hydrogen) atoms. The summed E-state index contributed by atoms with van der Waals surface area (Å²) in [6, 6.07) is -1.03. The molecular formula is C17H21ClN2O7S2. The molecule has 0 aromatic carbocycles. The van der Waals surface area contributed by atoms with Gasteiger partial charge >= 0.3 is 12.1 Å². The Kier molecular flexibility index (Phi) is 6.39. The summed E-state index contributed by atoms with van der Waals surface area (Å²) in [5.41, 5.74) is 0. The molecule has 1 aromatic heterocycles. The number of cyclic esters (lactones) is 1. The number of amides is 2. The van der Waals surface area contributed by atoms with Crippen molar-refractivity contribution < 1.29 is 32.3 Å². The van der Waals surface area contributed by atoms with Crippen LogP contribution < -0.4 is 0 Å². The molecule has 2 aliphatic heterocycles. The maximum atomic E-state index is 12.8. The first-order chi connectivity index (χ1) is 13.6. The normalized spacial score (nSPS) is 20.7. The van der Waals surface area contributed by atoms with Gasteiger partial charge in [-0.15, -0.1) is 11.3 Å². The molecule has 12 heteroatoms. The predicted molar refractivity (Wildman–Crippen MR) is 105 cm³/mol. The molecule has 160 valence electrons. The number of halogens is 1. The van der Waals surface area contributed by atoms with Crippen molar-refractivity contribution >= 4 is 50.7 Å². The highest BCUT2D eigenvalue weighted by Crippen LogP contribution is 2.33. The number of hydrogen-bond donors (Lipinski definition) is 0. The van der Waals surface area contributed by atoms with E-state index < -0.39 is 27.9 Å². The van der Waals surface area contributed by atoms with Gasteiger partial charge in [0.1, 0.15) is 11.5 Å². The van der Waals surface area contributed by atoms with E-state index in [1.807, 2.05) is 0 Å². The zero-order valence-electron chi connectivity index (χ0n) is 15.9. The zero-order chi connectivity index (χ0) is 21.3. The number of likely N-dealkylation sites (tertiary alicyclic amines) is 1. The number of piperidine rings is 1. The Morgan fingerprint density at radius 1 is 1.34 bits per heavy atom. The highest BCUT2D eigenvalue weighted by molar-refractivity contribution is 7.91. The number of rotatable bonds is 5. The second-order valence-corrected chi connectivity index (χ2v) is 10.0. The van der Waals surface area contributed by atoms with Crippen molar-refractivity contribution in [2.75, 3.05) is 32.6 Å². The molecule has 0 bridgehead atoms. The van der Waals surface area contributed by atoms with Gasteiger partial charge in [0.15, 0.2) is 15.9 Å². The van der Waals surface area contributed by atoms with E-state index in [1.54, 1.807) is 11.8 Å². The lowest BCUT2D eigenvalue weighted by Gasteiger charge is -2.37. The van der Waals surface area contributed by atoms with E-state index in [2.05, 4.69) is 0 Å². The van der Waals surface area contributed by atoms with E-state index in [1.165, 1.54) is 10.3 Å². The minimum absolute atomic E-state index is 0.0458. The third kappa shape index (κ3) is 4.36. The van der Waals surface area contributed by atoms with E-state index in [0.717, 1.165) is 17.6 Å². The van der Waals surface area contributed by atoms with Gasteiger partial charge in [-0.3, -0.25) is 9.69 Å². The van der Waals surface area contributed by atoms with Crippen molar-refractivity contribution in [3.8, 4) is 0 Å². The fraction of sp³-hybridized carbons (Fsp3) is 0.588. The highest BCUT2D eigenvalue weighted by Gasteiger charge is 2.44. The molecule has 0 N–H and O–H groups in total. The number of carbonyl (C=O) groups excluding carboxylic acids is 3. The molecule has 0 saturated carbocycles. The summed E-state index contributed by atoms with van der Waals surface area (Å²) in [6.07, 6.45) is 1.39. The third-order valence-corrected chi connectivity index (χ3v) is 7.76. The van der Waals surface area contributed by atoms with Crippen LogP contribution in [0.5, 0.6) is 0 Å². The monoisotopic (exact) mass is 464 g/mol. The molecule has 0 unspecified atom stereocenters. The van der Waals surface area contributed by atoms with Crippen LogP contribution in [-0.2, 0) is 24.1 Å². The van der Waals surface area contributed by atoms with E-state index in [4.69, 9.17) is 21.1 Å². The van der Waals surface area contributed by atoms with Crippen molar-refractivity contribution in [2.45, 2.75) is 36.7 Å². The Hall–Kier alpha value is -1.85. The van der Waals surface area contributed by atoms with Crippen molar-refractivity contribution in [2.24, 2.45) is 0 Å². The zero-order valence-corrected chi connectivity index (χ0v) is 18.3. The average Bonchev–Trinajstić information content (AvgIpc) is 3.24. The summed E-state index contributed by atoms with van der Waals surface area (Å²) in [4.78, 5) is 40.1. The van der Waals surface area contributed by atoms with Crippen LogP contribution in [0.25, 0.3) is 0 Å². The number of hydrogen-bond acceptors (Lipinski definition) is 8. The van der Waals surface area contributed by atoms with Gasteiger partial charge in [-0.25, -0.2) is 18.0 Å². The van der Waals surface area contributed by atoms with E-state index >= 15 is 0 Å². The Morgan fingerprint density at radius 3 is 2.55 bits per heavy atom. The molecule has 0 spiro atoms. The van der Waals surface area contributed by atoms with Gasteiger partial charge in [-0.2, -0.15) is 0 Å². The van der Waals surface area contributed by atoms with Gasteiger partial charge in [0.25, 0.3) is 5.91 Å². The van der Waals surface area contributed by atoms with Crippen LogP contribution in [-0.4, -0.2) is 80.8 Å². The minimum atomic E-state index is -3.52. The van der Waals surface area contributed by atoms with Crippen molar-refractivity contribution in [1.82, 2.24) is 9.80 Å². The number of nitrogens with zero attached hydrogens (tertiary/aromatic N) is 2. The molecule has 2 fully saturated rings. The molecule has 1 atom stereocenters. The summed E-state index contributed by atoms with van der Waals surface area (Å²) in [7, 11) is -3.52. The number of ether oxygens (including phenoxy) is 2. The minimum Gasteiger partial charge on any atom is -0.464 e. The van der Waals surface area contributed by atoms with E-state index in [-0.39, 0.29) is 40.0 Å². The molecule has 2 aliphatic rings. The van der Waals surface area contributed by atoms with Gasteiger partial charge in [0.05, 0.1) is 16.5 Å². The number of thiophene rings is 1. The van der Waals surface area contributed by atoms with E-state index in [9.17, 15) is 22.8 Å². The van der Waals surface area contributed by atoms with Crippen LogP contribution in [0.4, 0.5) is 4.79 Å². The van der Waals surface area contributed by atoms with Gasteiger partial charge in [-0.05, 0) is 19.8 Å². The van der Waals surface area contributed by atoms with Crippen molar-refractivity contribution in [3.63, 3.8) is 0 Å². The Bertz CT molecular complexity index is 922. The molecule has 0 radical (unpaired) electrons. The summed E-state index contributed by atoms with van der Waals surface area (Å²) in [6.45, 7) is 2.53. The SMILES string of the molecule is CCOC(=O)[C@@H]1COC(=O)N1C1CCN(C(=O)c2scc(S(C)(=O)=O)c2Cl)CC1. The fourth-order valence-electron chi connectivity index (χ4n) is 3.47. The number of sulfone groups is 1. The first-order valence-corrected chi connectivity index (χ1v) is 12.2. The molecule has 2 amide bonds. The summed E-state index contributed by atoms with van der Waals surface area (Å²) >= 11 is 7.11. The van der Waals surface area contributed by atoms with Crippen LogP contribution in [0.1, 0.15) is 29.4 Å². The lowest BCUT2D eigenvalue weighted by Crippen LogP contribution is -2.52. The quantitative estimate of drug-likeness (QED) is 0.611. The van der Waals surface area contributed by atoms with Gasteiger partial charge < -0.3 is 14.4 Å². The summed E-state index contributed by atoms with van der Waals surface area (Å²) < 4.78 is 33.5. The van der Waals surface area contributed by atoms with Gasteiger partial charge in [0.2, 0.25) is 0 Å². The topological polar surface area (TPSA) is 110 Å². The van der Waals surface area contributed by atoms with Crippen LogP contribution in [0.15, 0.2) is 10.3 Å². The lowest BCUT2D eigenvalue weighted by atomic mass is 10.0. The van der Waals surface area contributed by atoms with Crippen LogP contribution in [0, 0.1) is 0 Å². The molecule has 3 rings (SSSR count). The van der Waals surface area contributed by atoms with Gasteiger partial charge in [0, 0.05) is 30.8 Å². The largest absolute Gasteiger partial charge is 0.464 e. The number of carbonyl (C=O) groups is 3. The van der Waals surface area contributed by atoms with Crippen LogP contribution in [0.3, 0.4) is 0 Å². The first kappa shape index (κ1) is 21.8. The maximum Gasteiger partial charge on any atom is 0.410 e. The molecule has 9 nitrogen and oxygen atoms in total. The average molecular weight is 465 g/mol.